The van der Waals surface area contributed by atoms with Crippen molar-refractivity contribution < 1.29 is 14.2 Å². The number of hydrogen-bond donors (Lipinski definition) is 1. The molecule has 0 radical (unpaired) electrons. The molecule has 108 valence electrons. The number of nitriles is 1. The van der Waals surface area contributed by atoms with Gasteiger partial charge in [0, 0.05) is 17.2 Å². The topological polar surface area (TPSA) is 53.2 Å². The Morgan fingerprint density at radius 2 is 1.95 bits per heavy atom. The predicted molar refractivity (Wildman–Crippen MR) is 79.0 cm³/mol. The molecule has 2 aromatic rings. The third kappa shape index (κ3) is 3.26. The van der Waals surface area contributed by atoms with E-state index < -0.39 is 5.82 Å². The minimum atomic E-state index is -0.521. The SMILES string of the molecule is CC(C)Oc1ccc(F)c(-c2cc(C#N)c(Cl)cc2O)c1. The van der Waals surface area contributed by atoms with E-state index in [2.05, 4.69) is 0 Å². The second-order valence-electron chi connectivity index (χ2n) is 4.77. The van der Waals surface area contributed by atoms with Gasteiger partial charge < -0.3 is 9.84 Å². The number of aromatic hydroxyl groups is 1. The minimum absolute atomic E-state index is 0.0585. The Morgan fingerprint density at radius 3 is 2.57 bits per heavy atom. The monoisotopic (exact) mass is 305 g/mol. The summed E-state index contributed by atoms with van der Waals surface area (Å²) >= 11 is 5.83. The summed E-state index contributed by atoms with van der Waals surface area (Å²) in [5, 5.41) is 19.1. The highest BCUT2D eigenvalue weighted by Gasteiger charge is 2.14. The fourth-order valence-corrected chi connectivity index (χ4v) is 2.12. The maximum atomic E-state index is 14.0. The van der Waals surface area contributed by atoms with Gasteiger partial charge in [-0.15, -0.1) is 0 Å². The van der Waals surface area contributed by atoms with Crippen LogP contribution < -0.4 is 4.74 Å². The van der Waals surface area contributed by atoms with Gasteiger partial charge >= 0.3 is 0 Å². The van der Waals surface area contributed by atoms with E-state index in [0.717, 1.165) is 0 Å². The predicted octanol–water partition coefficient (Wildman–Crippen LogP) is 4.51. The Balaban J connectivity index is 2.58. The first-order chi connectivity index (χ1) is 9.92. The van der Waals surface area contributed by atoms with Crippen molar-refractivity contribution in [2.45, 2.75) is 20.0 Å². The lowest BCUT2D eigenvalue weighted by molar-refractivity contribution is 0.242. The van der Waals surface area contributed by atoms with Crippen molar-refractivity contribution in [2.75, 3.05) is 0 Å². The van der Waals surface area contributed by atoms with Crippen LogP contribution in [0.3, 0.4) is 0 Å². The van der Waals surface area contributed by atoms with Gasteiger partial charge in [0.2, 0.25) is 0 Å². The highest BCUT2D eigenvalue weighted by Crippen LogP contribution is 2.36. The van der Waals surface area contributed by atoms with Crippen molar-refractivity contribution >= 4 is 11.6 Å². The van der Waals surface area contributed by atoms with E-state index in [9.17, 15) is 9.50 Å². The van der Waals surface area contributed by atoms with E-state index in [-0.39, 0.29) is 33.6 Å². The molecule has 0 spiro atoms. The van der Waals surface area contributed by atoms with Crippen LogP contribution in [0.4, 0.5) is 4.39 Å². The van der Waals surface area contributed by atoms with Gasteiger partial charge in [0.1, 0.15) is 23.4 Å². The molecular weight excluding hydrogens is 293 g/mol. The molecule has 5 heteroatoms. The molecule has 0 aliphatic rings. The van der Waals surface area contributed by atoms with Crippen LogP contribution in [0.25, 0.3) is 11.1 Å². The summed E-state index contributed by atoms with van der Waals surface area (Å²) in [4.78, 5) is 0. The highest BCUT2D eigenvalue weighted by molar-refractivity contribution is 6.32. The van der Waals surface area contributed by atoms with Crippen LogP contribution in [0.15, 0.2) is 30.3 Å². The maximum Gasteiger partial charge on any atom is 0.131 e. The summed E-state index contributed by atoms with van der Waals surface area (Å²) in [6, 6.07) is 8.74. The number of phenols is 1. The fraction of sp³-hybridized carbons (Fsp3) is 0.188. The van der Waals surface area contributed by atoms with Crippen LogP contribution in [-0.2, 0) is 0 Å². The van der Waals surface area contributed by atoms with E-state index in [0.29, 0.717) is 5.75 Å². The lowest BCUT2D eigenvalue weighted by Crippen LogP contribution is -2.05. The van der Waals surface area contributed by atoms with Gasteiger partial charge in [0.05, 0.1) is 16.7 Å². The van der Waals surface area contributed by atoms with Gasteiger partial charge in [0.15, 0.2) is 0 Å². The maximum absolute atomic E-state index is 14.0. The van der Waals surface area contributed by atoms with E-state index in [1.807, 2.05) is 19.9 Å². The summed E-state index contributed by atoms with van der Waals surface area (Å²) in [6.45, 7) is 3.72. The number of hydrogen-bond acceptors (Lipinski definition) is 3. The zero-order valence-electron chi connectivity index (χ0n) is 11.5. The van der Waals surface area contributed by atoms with Crippen LogP contribution in [0.1, 0.15) is 19.4 Å². The normalized spacial score (nSPS) is 10.5. The quantitative estimate of drug-likeness (QED) is 0.907. The Morgan fingerprint density at radius 1 is 1.24 bits per heavy atom. The molecule has 0 amide bonds. The zero-order chi connectivity index (χ0) is 15.6. The standard InChI is InChI=1S/C16H13ClFNO2/c1-9(2)21-11-3-4-15(18)12(6-11)13-5-10(8-19)14(17)7-16(13)20/h3-7,9,20H,1-2H3. The van der Waals surface area contributed by atoms with E-state index in [4.69, 9.17) is 21.6 Å². The molecular formula is C16H13ClFNO2. The number of rotatable bonds is 3. The van der Waals surface area contributed by atoms with E-state index in [1.54, 1.807) is 0 Å². The van der Waals surface area contributed by atoms with Gasteiger partial charge in [0.25, 0.3) is 0 Å². The summed E-state index contributed by atoms with van der Waals surface area (Å²) in [5.74, 6) is -0.235. The molecule has 2 aromatic carbocycles. The van der Waals surface area contributed by atoms with Crippen LogP contribution in [-0.4, -0.2) is 11.2 Å². The molecule has 0 unspecified atom stereocenters. The Labute approximate surface area is 127 Å². The molecule has 2 rings (SSSR count). The molecule has 0 bridgehead atoms. The van der Waals surface area contributed by atoms with Crippen molar-refractivity contribution in [3.05, 3.63) is 46.7 Å². The average molecular weight is 306 g/mol. The lowest BCUT2D eigenvalue weighted by atomic mass is 10.0. The Bertz CT molecular complexity index is 723. The van der Waals surface area contributed by atoms with Gasteiger partial charge in [-0.1, -0.05) is 11.6 Å². The number of ether oxygens (including phenoxy) is 1. The largest absolute Gasteiger partial charge is 0.507 e. The summed E-state index contributed by atoms with van der Waals surface area (Å²) in [7, 11) is 0. The molecule has 3 nitrogen and oxygen atoms in total. The van der Waals surface area contributed by atoms with Gasteiger partial charge in [-0.25, -0.2) is 4.39 Å². The zero-order valence-corrected chi connectivity index (χ0v) is 12.3. The molecule has 21 heavy (non-hydrogen) atoms. The van der Waals surface area contributed by atoms with Gasteiger partial charge in [-0.05, 0) is 38.1 Å². The first-order valence-corrected chi connectivity index (χ1v) is 6.69. The first kappa shape index (κ1) is 15.1. The van der Waals surface area contributed by atoms with E-state index >= 15 is 0 Å². The molecule has 0 fully saturated rings. The molecule has 0 atom stereocenters. The van der Waals surface area contributed by atoms with Crippen molar-refractivity contribution in [1.29, 1.82) is 5.26 Å². The first-order valence-electron chi connectivity index (χ1n) is 6.31. The van der Waals surface area contributed by atoms with Crippen LogP contribution in [0.5, 0.6) is 11.5 Å². The lowest BCUT2D eigenvalue weighted by Gasteiger charge is -2.13. The van der Waals surface area contributed by atoms with Gasteiger partial charge in [-0.2, -0.15) is 5.26 Å². The summed E-state index contributed by atoms with van der Waals surface area (Å²) in [6.07, 6.45) is -0.0585. The van der Waals surface area contributed by atoms with Crippen LogP contribution in [0.2, 0.25) is 5.02 Å². The smallest absolute Gasteiger partial charge is 0.131 e. The van der Waals surface area contributed by atoms with Gasteiger partial charge in [-0.3, -0.25) is 0 Å². The van der Waals surface area contributed by atoms with Crippen LogP contribution >= 0.6 is 11.6 Å². The molecule has 0 aromatic heterocycles. The van der Waals surface area contributed by atoms with Crippen molar-refractivity contribution in [3.63, 3.8) is 0 Å². The number of benzene rings is 2. The molecule has 0 aliphatic heterocycles. The van der Waals surface area contributed by atoms with E-state index in [1.165, 1.54) is 30.3 Å². The molecule has 0 heterocycles. The minimum Gasteiger partial charge on any atom is -0.507 e. The number of phenolic OH excluding ortho intramolecular Hbond substituents is 1. The third-order valence-electron chi connectivity index (χ3n) is 2.81. The fourth-order valence-electron chi connectivity index (χ4n) is 1.92. The third-order valence-corrected chi connectivity index (χ3v) is 3.12. The number of halogens is 2. The van der Waals surface area contributed by atoms with Crippen molar-refractivity contribution in [3.8, 4) is 28.7 Å². The average Bonchev–Trinajstić information content (AvgIpc) is 2.41. The molecule has 0 aliphatic carbocycles. The molecule has 0 saturated carbocycles. The second kappa shape index (κ2) is 6.02. The summed E-state index contributed by atoms with van der Waals surface area (Å²) in [5.41, 5.74) is 0.514. The van der Waals surface area contributed by atoms with Crippen LogP contribution in [0, 0.1) is 17.1 Å². The second-order valence-corrected chi connectivity index (χ2v) is 5.18. The molecule has 1 N–H and O–H groups in total. The number of nitrogens with zero attached hydrogens (tertiary/aromatic N) is 1. The highest BCUT2D eigenvalue weighted by atomic mass is 35.5. The molecule has 0 saturated heterocycles. The summed E-state index contributed by atoms with van der Waals surface area (Å²) < 4.78 is 19.5. The van der Waals surface area contributed by atoms with Crippen molar-refractivity contribution in [1.82, 2.24) is 0 Å². The Kier molecular flexibility index (Phi) is 4.35. The Hall–Kier alpha value is -2.25. The van der Waals surface area contributed by atoms with Crippen molar-refractivity contribution in [2.24, 2.45) is 0 Å².